The highest BCUT2D eigenvalue weighted by atomic mass is 35.5. The molecular weight excluding hydrogens is 497 g/mol. The van der Waals surface area contributed by atoms with Crippen molar-refractivity contribution in [1.29, 1.82) is 10.7 Å². The van der Waals surface area contributed by atoms with Crippen LogP contribution in [0.25, 0.3) is 11.0 Å². The molecule has 182 valence electrons. The Bertz CT molecular complexity index is 1530. The number of imidazole rings is 1. The van der Waals surface area contributed by atoms with Gasteiger partial charge >= 0.3 is 0 Å². The van der Waals surface area contributed by atoms with Crippen molar-refractivity contribution in [3.63, 3.8) is 0 Å². The molecule has 0 radical (unpaired) electrons. The quantitative estimate of drug-likeness (QED) is 0.326. The van der Waals surface area contributed by atoms with Crippen LogP contribution in [0.1, 0.15) is 32.7 Å². The number of para-hydroxylation sites is 1. The predicted octanol–water partition coefficient (Wildman–Crippen LogP) is 5.15. The number of carbonyl (C=O) groups excluding carboxylic acids is 2. The Labute approximate surface area is 218 Å². The molecule has 1 N–H and O–H groups in total. The van der Waals surface area contributed by atoms with Gasteiger partial charge in [0.05, 0.1) is 34.2 Å². The Morgan fingerprint density at radius 3 is 2.31 bits per heavy atom. The van der Waals surface area contributed by atoms with Gasteiger partial charge in [-0.1, -0.05) is 29.3 Å². The standard InChI is InChI=1S/C27H23Cl2N5O2/c1-32(26(36)20-8-6-18(16-30)7-9-20)14-3-15-33-25-22(29)4-2-5-23(25)34(27(33)31)17-24(35)19-10-12-21(28)13-11-19/h2,4-13,31H,3,14-15,17H2,1H3. The lowest BCUT2D eigenvalue weighted by molar-refractivity contribution is 0.0791. The third-order valence-corrected chi connectivity index (χ3v) is 6.55. The maximum Gasteiger partial charge on any atom is 0.253 e. The third kappa shape index (κ3) is 5.20. The van der Waals surface area contributed by atoms with Gasteiger partial charge in [-0.05, 0) is 67.1 Å². The minimum atomic E-state index is -0.149. The van der Waals surface area contributed by atoms with E-state index in [-0.39, 0.29) is 23.9 Å². The molecule has 0 unspecified atom stereocenters. The van der Waals surface area contributed by atoms with Crippen molar-refractivity contribution in [3.8, 4) is 6.07 Å². The van der Waals surface area contributed by atoms with E-state index < -0.39 is 0 Å². The first-order chi connectivity index (χ1) is 17.3. The van der Waals surface area contributed by atoms with Gasteiger partial charge in [0.15, 0.2) is 5.78 Å². The number of carbonyl (C=O) groups is 2. The molecule has 1 heterocycles. The number of ketones is 1. The number of aromatic nitrogens is 2. The molecule has 1 amide bonds. The van der Waals surface area contributed by atoms with Gasteiger partial charge in [-0.3, -0.25) is 15.0 Å². The monoisotopic (exact) mass is 519 g/mol. The van der Waals surface area contributed by atoms with Crippen LogP contribution in [0.3, 0.4) is 0 Å². The maximum absolute atomic E-state index is 12.9. The van der Waals surface area contributed by atoms with Crippen molar-refractivity contribution in [2.24, 2.45) is 0 Å². The molecule has 36 heavy (non-hydrogen) atoms. The highest BCUT2D eigenvalue weighted by Gasteiger charge is 2.17. The van der Waals surface area contributed by atoms with Crippen molar-refractivity contribution in [2.75, 3.05) is 13.6 Å². The first-order valence-corrected chi connectivity index (χ1v) is 12.0. The van der Waals surface area contributed by atoms with Gasteiger partial charge in [0.1, 0.15) is 0 Å². The fraction of sp³-hybridized carbons (Fsp3) is 0.185. The van der Waals surface area contributed by atoms with Crippen LogP contribution in [0, 0.1) is 16.7 Å². The molecule has 0 atom stereocenters. The molecule has 3 aromatic carbocycles. The minimum Gasteiger partial charge on any atom is -0.342 e. The number of amides is 1. The Morgan fingerprint density at radius 2 is 1.64 bits per heavy atom. The van der Waals surface area contributed by atoms with Crippen LogP contribution >= 0.6 is 23.2 Å². The zero-order valence-electron chi connectivity index (χ0n) is 19.5. The summed E-state index contributed by atoms with van der Waals surface area (Å²) in [7, 11) is 1.72. The summed E-state index contributed by atoms with van der Waals surface area (Å²) in [6, 6.07) is 20.6. The average molecular weight is 520 g/mol. The van der Waals surface area contributed by atoms with Crippen LogP contribution in [0.15, 0.2) is 66.7 Å². The van der Waals surface area contributed by atoms with Gasteiger partial charge in [-0.15, -0.1) is 0 Å². The summed E-state index contributed by atoms with van der Waals surface area (Å²) in [6.07, 6.45) is 0.574. The molecule has 0 saturated heterocycles. The van der Waals surface area contributed by atoms with Crippen LogP contribution < -0.4 is 5.62 Å². The SMILES string of the molecule is CN(CCCn1c(=N)n(CC(=O)c2ccc(Cl)cc2)c2cccc(Cl)c21)C(=O)c1ccc(C#N)cc1. The number of nitrogens with one attached hydrogen (secondary N) is 1. The van der Waals surface area contributed by atoms with Gasteiger partial charge in [-0.2, -0.15) is 5.26 Å². The van der Waals surface area contributed by atoms with E-state index in [1.165, 1.54) is 0 Å². The summed E-state index contributed by atoms with van der Waals surface area (Å²) >= 11 is 12.4. The zero-order valence-corrected chi connectivity index (χ0v) is 21.1. The summed E-state index contributed by atoms with van der Waals surface area (Å²) in [5, 5.41) is 18.8. The van der Waals surface area contributed by atoms with E-state index in [0.717, 1.165) is 0 Å². The summed E-state index contributed by atoms with van der Waals surface area (Å²) < 4.78 is 3.41. The summed E-state index contributed by atoms with van der Waals surface area (Å²) in [5.41, 5.74) is 3.03. The number of hydrogen-bond acceptors (Lipinski definition) is 4. The fourth-order valence-corrected chi connectivity index (χ4v) is 4.48. The molecule has 4 rings (SSSR count). The molecule has 0 bridgehead atoms. The van der Waals surface area contributed by atoms with E-state index in [9.17, 15) is 9.59 Å². The van der Waals surface area contributed by atoms with Crippen LogP contribution in [-0.4, -0.2) is 39.3 Å². The summed E-state index contributed by atoms with van der Waals surface area (Å²) in [5.74, 6) is -0.290. The van der Waals surface area contributed by atoms with Gasteiger partial charge in [0, 0.05) is 36.3 Å². The smallest absolute Gasteiger partial charge is 0.253 e. The van der Waals surface area contributed by atoms with Crippen LogP contribution in [-0.2, 0) is 13.1 Å². The fourth-order valence-electron chi connectivity index (χ4n) is 4.08. The summed E-state index contributed by atoms with van der Waals surface area (Å²) in [6.45, 7) is 0.875. The highest BCUT2D eigenvalue weighted by molar-refractivity contribution is 6.35. The lowest BCUT2D eigenvalue weighted by Gasteiger charge is -2.17. The second-order valence-corrected chi connectivity index (χ2v) is 9.21. The number of rotatable bonds is 8. The van der Waals surface area contributed by atoms with Crippen molar-refractivity contribution < 1.29 is 9.59 Å². The Balaban J connectivity index is 1.53. The van der Waals surface area contributed by atoms with E-state index in [1.807, 2.05) is 12.1 Å². The Kier molecular flexibility index (Phi) is 7.58. The minimum absolute atomic E-state index is 0.0125. The van der Waals surface area contributed by atoms with E-state index in [4.69, 9.17) is 33.9 Å². The van der Waals surface area contributed by atoms with Gasteiger partial charge < -0.3 is 14.0 Å². The predicted molar refractivity (Wildman–Crippen MR) is 139 cm³/mol. The molecule has 0 aliphatic rings. The van der Waals surface area contributed by atoms with E-state index >= 15 is 0 Å². The molecule has 9 heteroatoms. The van der Waals surface area contributed by atoms with Crippen LogP contribution in [0.5, 0.6) is 0 Å². The maximum atomic E-state index is 12.9. The Hall–Kier alpha value is -3.86. The number of fused-ring (bicyclic) bond motifs is 1. The molecule has 1 aromatic heterocycles. The van der Waals surface area contributed by atoms with Crippen molar-refractivity contribution in [3.05, 3.63) is 99.1 Å². The van der Waals surface area contributed by atoms with Gasteiger partial charge in [0.25, 0.3) is 5.91 Å². The van der Waals surface area contributed by atoms with E-state index in [0.29, 0.717) is 57.3 Å². The molecule has 7 nitrogen and oxygen atoms in total. The third-order valence-electron chi connectivity index (χ3n) is 5.99. The second-order valence-electron chi connectivity index (χ2n) is 8.37. The van der Waals surface area contributed by atoms with Crippen molar-refractivity contribution >= 4 is 45.9 Å². The lowest BCUT2D eigenvalue weighted by atomic mass is 10.1. The highest BCUT2D eigenvalue weighted by Crippen LogP contribution is 2.23. The van der Waals surface area contributed by atoms with Gasteiger partial charge in [0.2, 0.25) is 5.62 Å². The normalized spacial score (nSPS) is 10.8. The molecule has 0 saturated carbocycles. The zero-order chi connectivity index (χ0) is 25.8. The number of nitrogens with zero attached hydrogens (tertiary/aromatic N) is 4. The first-order valence-electron chi connectivity index (χ1n) is 11.3. The summed E-state index contributed by atoms with van der Waals surface area (Å²) in [4.78, 5) is 27.3. The van der Waals surface area contributed by atoms with Crippen molar-refractivity contribution in [2.45, 2.75) is 19.5 Å². The van der Waals surface area contributed by atoms with Crippen molar-refractivity contribution in [1.82, 2.24) is 14.0 Å². The van der Waals surface area contributed by atoms with Crippen LogP contribution in [0.2, 0.25) is 10.0 Å². The average Bonchev–Trinajstić information content (AvgIpc) is 3.15. The topological polar surface area (TPSA) is 94.9 Å². The van der Waals surface area contributed by atoms with Gasteiger partial charge in [-0.25, -0.2) is 0 Å². The number of halogens is 2. The molecule has 0 spiro atoms. The second kappa shape index (κ2) is 10.8. The Morgan fingerprint density at radius 1 is 0.972 bits per heavy atom. The first kappa shape index (κ1) is 25.2. The number of Topliss-reactive ketones (excluding diaryl/α,β-unsaturated/α-hetero) is 1. The van der Waals surface area contributed by atoms with E-state index in [2.05, 4.69) is 0 Å². The van der Waals surface area contributed by atoms with Crippen LogP contribution in [0.4, 0.5) is 0 Å². The number of aryl methyl sites for hydroxylation is 1. The lowest BCUT2D eigenvalue weighted by Crippen LogP contribution is -2.31. The molecular formula is C27H23Cl2N5O2. The number of hydrogen-bond donors (Lipinski definition) is 1. The molecule has 0 aliphatic heterocycles. The molecule has 0 aliphatic carbocycles. The van der Waals surface area contributed by atoms with E-state index in [1.54, 1.807) is 81.7 Å². The molecule has 4 aromatic rings. The largest absolute Gasteiger partial charge is 0.342 e. The molecule has 0 fully saturated rings. The number of nitriles is 1. The number of benzene rings is 3.